The molecule has 4 aliphatic carbocycles. The number of hydrogen-bond acceptors (Lipinski definition) is 3. The van der Waals surface area contributed by atoms with E-state index in [0.29, 0.717) is 34.5 Å². The number of nitrogens with zero attached hydrogens (tertiary/aromatic N) is 3. The molecule has 0 saturated heterocycles. The van der Waals surface area contributed by atoms with E-state index in [0.717, 1.165) is 25.7 Å². The van der Waals surface area contributed by atoms with Crippen LogP contribution in [0.1, 0.15) is 86.0 Å². The molecular weight excluding hydrogens is 362 g/mol. The van der Waals surface area contributed by atoms with Crippen LogP contribution < -0.4 is 0 Å². The molecule has 0 aliphatic heterocycles. The zero-order chi connectivity index (χ0) is 21.0. The first-order valence-electron chi connectivity index (χ1n) is 11.7. The minimum Gasteiger partial charge on any atom is -0.366 e. The Morgan fingerprint density at radius 3 is 2.59 bits per heavy atom. The molecule has 4 fully saturated rings. The van der Waals surface area contributed by atoms with Gasteiger partial charge in [0, 0.05) is 11.0 Å². The molecule has 5 heteroatoms. The Morgan fingerprint density at radius 2 is 1.93 bits per heavy atom. The van der Waals surface area contributed by atoms with Crippen LogP contribution in [-0.2, 0) is 4.74 Å². The summed E-state index contributed by atoms with van der Waals surface area (Å²) >= 11 is 0. The van der Waals surface area contributed by atoms with E-state index in [-0.39, 0.29) is 12.1 Å². The molecule has 0 aromatic carbocycles. The maximum Gasteiger partial charge on any atom is 0.160 e. The molecule has 4 saturated carbocycles. The molecule has 4 unspecified atom stereocenters. The van der Waals surface area contributed by atoms with E-state index >= 15 is 0 Å². The van der Waals surface area contributed by atoms with Gasteiger partial charge in [-0.1, -0.05) is 30.6 Å². The number of rotatable bonds is 3. The highest BCUT2D eigenvalue weighted by molar-refractivity contribution is 5.24. The summed E-state index contributed by atoms with van der Waals surface area (Å²) in [6.07, 6.45) is 11.6. The van der Waals surface area contributed by atoms with Gasteiger partial charge in [-0.15, -0.1) is 0 Å². The van der Waals surface area contributed by atoms with Crippen molar-refractivity contribution in [3.63, 3.8) is 0 Å². The monoisotopic (exact) mass is 401 g/mol. The smallest absolute Gasteiger partial charge is 0.160 e. The summed E-state index contributed by atoms with van der Waals surface area (Å²) in [6.45, 7) is 10.7. The number of ether oxygens (including phenoxy) is 1. The van der Waals surface area contributed by atoms with E-state index < -0.39 is 5.79 Å². The Morgan fingerprint density at radius 1 is 1.17 bits per heavy atom. The highest BCUT2D eigenvalue weighted by Crippen LogP contribution is 2.68. The van der Waals surface area contributed by atoms with E-state index in [2.05, 4.69) is 36.9 Å². The zero-order valence-corrected chi connectivity index (χ0v) is 18.9. The second-order valence-electron chi connectivity index (χ2n) is 11.3. The van der Waals surface area contributed by atoms with Crippen molar-refractivity contribution in [1.29, 1.82) is 0 Å². The van der Waals surface area contributed by atoms with Crippen molar-refractivity contribution in [2.75, 3.05) is 0 Å². The van der Waals surface area contributed by atoms with E-state index in [1.54, 1.807) is 19.4 Å². The topological polar surface area (TPSA) is 78.2 Å². The van der Waals surface area contributed by atoms with Crippen LogP contribution in [0.25, 0.3) is 10.4 Å². The largest absolute Gasteiger partial charge is 0.366 e. The lowest BCUT2D eigenvalue weighted by Crippen LogP contribution is -2.59. The Labute approximate surface area is 175 Å². The molecule has 0 bridgehead atoms. The van der Waals surface area contributed by atoms with E-state index in [9.17, 15) is 5.11 Å². The average molecular weight is 402 g/mol. The van der Waals surface area contributed by atoms with Crippen LogP contribution >= 0.6 is 0 Å². The minimum absolute atomic E-state index is 0.0868. The molecular formula is C24H39N3O2. The van der Waals surface area contributed by atoms with Crippen molar-refractivity contribution in [2.24, 2.45) is 39.6 Å². The van der Waals surface area contributed by atoms with Crippen molar-refractivity contribution in [2.45, 2.75) is 104 Å². The minimum atomic E-state index is -1.11. The number of aliphatic hydroxyl groups is 1. The third-order valence-electron chi connectivity index (χ3n) is 9.48. The first-order valence-corrected chi connectivity index (χ1v) is 11.7. The van der Waals surface area contributed by atoms with Crippen LogP contribution in [0.2, 0.25) is 0 Å². The Balaban J connectivity index is 1.70. The molecule has 29 heavy (non-hydrogen) atoms. The highest BCUT2D eigenvalue weighted by Gasteiger charge is 2.62. The molecule has 5 nitrogen and oxygen atoms in total. The van der Waals surface area contributed by atoms with Gasteiger partial charge in [0.1, 0.15) is 0 Å². The molecule has 0 radical (unpaired) electrons. The molecule has 4 rings (SSSR count). The molecule has 8 atom stereocenters. The predicted octanol–water partition coefficient (Wildman–Crippen LogP) is 6.38. The first-order chi connectivity index (χ1) is 13.6. The van der Waals surface area contributed by atoms with Gasteiger partial charge in [0.05, 0.1) is 6.10 Å². The quantitative estimate of drug-likeness (QED) is 0.196. The van der Waals surface area contributed by atoms with Crippen molar-refractivity contribution >= 4 is 0 Å². The van der Waals surface area contributed by atoms with Crippen LogP contribution in [0.5, 0.6) is 0 Å². The standard InChI is InChI=1S/C24H39N3O2/c1-6-15-7-8-18-21-19(10-12-23(15,18)4)24(5)11-9-17(26-27-25)13-16(24)14-20(21)29-22(2,3)28/h6,16-21,28H,7-14H2,1-5H3/b15-6-/t16?,17-,18?,19?,20+,21?,23-,24+/m1/s1. The van der Waals surface area contributed by atoms with Crippen molar-refractivity contribution in [3.8, 4) is 0 Å². The molecule has 0 aromatic rings. The van der Waals surface area contributed by atoms with Crippen LogP contribution in [0.15, 0.2) is 16.8 Å². The number of azide groups is 1. The number of hydrogen-bond donors (Lipinski definition) is 1. The van der Waals surface area contributed by atoms with Gasteiger partial charge in [0.15, 0.2) is 5.79 Å². The van der Waals surface area contributed by atoms with Gasteiger partial charge in [-0.3, -0.25) is 0 Å². The highest BCUT2D eigenvalue weighted by atomic mass is 16.6. The Hall–Kier alpha value is -1.03. The SMILES string of the molecule is C/C=C1/CCC2C3C(CC[C@]12C)[C@@]1(C)CC[C@@H](N=[N+]=[N-])CC1C[C@@H]3OC(C)(C)O. The number of fused-ring (bicyclic) bond motifs is 5. The lowest BCUT2D eigenvalue weighted by Gasteiger charge is -2.63. The molecule has 0 spiro atoms. The van der Waals surface area contributed by atoms with E-state index in [4.69, 9.17) is 10.3 Å². The van der Waals surface area contributed by atoms with Crippen LogP contribution in [0, 0.1) is 34.5 Å². The second kappa shape index (κ2) is 7.28. The van der Waals surface area contributed by atoms with Crippen molar-refractivity contribution in [1.82, 2.24) is 0 Å². The Kier molecular flexibility index (Phi) is 5.33. The van der Waals surface area contributed by atoms with Crippen LogP contribution in [0.4, 0.5) is 0 Å². The van der Waals surface area contributed by atoms with Gasteiger partial charge < -0.3 is 9.84 Å². The average Bonchev–Trinajstić information content (AvgIpc) is 2.98. The van der Waals surface area contributed by atoms with Gasteiger partial charge in [-0.25, -0.2) is 0 Å². The summed E-state index contributed by atoms with van der Waals surface area (Å²) in [5, 5.41) is 14.6. The van der Waals surface area contributed by atoms with Gasteiger partial charge in [-0.05, 0) is 112 Å². The van der Waals surface area contributed by atoms with Gasteiger partial charge in [-0.2, -0.15) is 0 Å². The second-order valence-corrected chi connectivity index (χ2v) is 11.3. The molecule has 0 aromatic heterocycles. The first kappa shape index (κ1) is 21.2. The fourth-order valence-electron chi connectivity index (χ4n) is 8.17. The third kappa shape index (κ3) is 3.43. The van der Waals surface area contributed by atoms with Gasteiger partial charge in [0.2, 0.25) is 0 Å². The molecule has 0 amide bonds. The van der Waals surface area contributed by atoms with E-state index in [1.807, 2.05) is 0 Å². The molecule has 0 heterocycles. The number of allylic oxidation sites excluding steroid dienone is 2. The lowest BCUT2D eigenvalue weighted by atomic mass is 9.44. The summed E-state index contributed by atoms with van der Waals surface area (Å²) in [5.41, 5.74) is 11.2. The summed E-state index contributed by atoms with van der Waals surface area (Å²) in [5.74, 6) is 1.18. The predicted molar refractivity (Wildman–Crippen MR) is 115 cm³/mol. The van der Waals surface area contributed by atoms with Crippen molar-refractivity contribution < 1.29 is 9.84 Å². The summed E-state index contributed by atoms with van der Waals surface area (Å²) in [7, 11) is 0. The van der Waals surface area contributed by atoms with Crippen molar-refractivity contribution in [3.05, 3.63) is 22.1 Å². The van der Waals surface area contributed by atoms with Crippen LogP contribution in [-0.4, -0.2) is 23.0 Å². The maximum atomic E-state index is 10.6. The molecule has 162 valence electrons. The van der Waals surface area contributed by atoms with E-state index in [1.165, 1.54) is 25.7 Å². The molecule has 4 aliphatic rings. The normalized spacial score (nSPS) is 48.4. The summed E-state index contributed by atoms with van der Waals surface area (Å²) in [4.78, 5) is 3.10. The van der Waals surface area contributed by atoms with Gasteiger partial charge >= 0.3 is 0 Å². The third-order valence-corrected chi connectivity index (χ3v) is 9.48. The lowest BCUT2D eigenvalue weighted by molar-refractivity contribution is -0.261. The zero-order valence-electron chi connectivity index (χ0n) is 18.9. The Bertz CT molecular complexity index is 722. The fourth-order valence-corrected chi connectivity index (χ4v) is 8.17. The molecule has 1 N–H and O–H groups in total. The summed E-state index contributed by atoms with van der Waals surface area (Å²) in [6, 6.07) is 0.118. The van der Waals surface area contributed by atoms with Gasteiger partial charge in [0.25, 0.3) is 0 Å². The van der Waals surface area contributed by atoms with Crippen LogP contribution in [0.3, 0.4) is 0 Å². The maximum absolute atomic E-state index is 10.6. The fraction of sp³-hybridized carbons (Fsp3) is 0.917. The summed E-state index contributed by atoms with van der Waals surface area (Å²) < 4.78 is 6.39.